The average molecular weight is 356 g/mol. The van der Waals surface area contributed by atoms with Gasteiger partial charge in [0.05, 0.1) is 10.7 Å². The van der Waals surface area contributed by atoms with Gasteiger partial charge in [0.15, 0.2) is 0 Å². The van der Waals surface area contributed by atoms with Crippen molar-refractivity contribution in [2.24, 2.45) is 0 Å². The Morgan fingerprint density at radius 3 is 2.52 bits per heavy atom. The first-order valence-corrected chi connectivity index (χ1v) is 10.2. The molecule has 25 heavy (non-hydrogen) atoms. The van der Waals surface area contributed by atoms with Gasteiger partial charge < -0.3 is 4.90 Å². The van der Waals surface area contributed by atoms with Gasteiger partial charge >= 0.3 is 0 Å². The molecule has 1 saturated carbocycles. The molecule has 7 heteroatoms. The lowest BCUT2D eigenvalue weighted by atomic mass is 10.1. The van der Waals surface area contributed by atoms with Gasteiger partial charge in [-0.15, -0.1) is 11.3 Å². The van der Waals surface area contributed by atoms with Crippen molar-refractivity contribution < 1.29 is 0 Å². The van der Waals surface area contributed by atoms with Crippen LogP contribution in [-0.4, -0.2) is 70.1 Å². The molecule has 5 rings (SSSR count). The summed E-state index contributed by atoms with van der Waals surface area (Å²) in [5, 5.41) is 3.63. The second-order valence-corrected chi connectivity index (χ2v) is 8.26. The van der Waals surface area contributed by atoms with Crippen molar-refractivity contribution >= 4 is 17.3 Å². The van der Waals surface area contributed by atoms with E-state index in [1.165, 1.54) is 36.6 Å². The van der Waals surface area contributed by atoms with Crippen molar-refractivity contribution in [1.82, 2.24) is 24.8 Å². The summed E-state index contributed by atoms with van der Waals surface area (Å²) < 4.78 is 0. The molecule has 4 heterocycles. The van der Waals surface area contributed by atoms with Crippen LogP contribution < -0.4 is 4.90 Å². The number of nitrogens with zero attached hydrogens (tertiary/aromatic N) is 6. The first-order chi connectivity index (χ1) is 12.3. The third-order valence-electron chi connectivity index (χ3n) is 5.49. The van der Waals surface area contributed by atoms with Gasteiger partial charge in [0.25, 0.3) is 0 Å². The molecule has 0 spiro atoms. The highest BCUT2D eigenvalue weighted by Crippen LogP contribution is 2.41. The highest BCUT2D eigenvalue weighted by atomic mass is 32.1. The number of hydrogen-bond acceptors (Lipinski definition) is 7. The van der Waals surface area contributed by atoms with Crippen LogP contribution in [-0.2, 0) is 6.54 Å². The molecule has 3 fully saturated rings. The molecule has 0 radical (unpaired) electrons. The third-order valence-corrected chi connectivity index (χ3v) is 6.54. The van der Waals surface area contributed by atoms with Crippen LogP contribution in [0.1, 0.15) is 29.5 Å². The number of thiazole rings is 1. The normalized spacial score (nSPS) is 23.0. The third kappa shape index (κ3) is 3.41. The lowest BCUT2D eigenvalue weighted by Gasteiger charge is -2.48. The molecule has 3 aliphatic rings. The molecule has 2 aromatic heterocycles. The van der Waals surface area contributed by atoms with Crippen molar-refractivity contribution in [2.75, 3.05) is 44.2 Å². The van der Waals surface area contributed by atoms with Crippen LogP contribution in [0.3, 0.4) is 0 Å². The Morgan fingerprint density at radius 1 is 1.04 bits per heavy atom. The lowest BCUT2D eigenvalue weighted by Crippen LogP contribution is -2.62. The molecule has 0 amide bonds. The maximum Gasteiger partial charge on any atom is 0.225 e. The van der Waals surface area contributed by atoms with E-state index in [4.69, 9.17) is 4.98 Å². The van der Waals surface area contributed by atoms with Crippen LogP contribution in [0.15, 0.2) is 23.8 Å². The Balaban J connectivity index is 1.08. The highest BCUT2D eigenvalue weighted by molar-refractivity contribution is 7.09. The van der Waals surface area contributed by atoms with Gasteiger partial charge in [-0.05, 0) is 18.9 Å². The largest absolute Gasteiger partial charge is 0.338 e. The molecule has 0 unspecified atom stereocenters. The summed E-state index contributed by atoms with van der Waals surface area (Å²) in [6, 6.07) is 2.58. The number of likely N-dealkylation sites (tertiary alicyclic amines) is 1. The van der Waals surface area contributed by atoms with Crippen LogP contribution in [0.5, 0.6) is 0 Å². The maximum absolute atomic E-state index is 4.82. The Kier molecular flexibility index (Phi) is 4.15. The molecule has 2 aliphatic heterocycles. The molecular weight excluding hydrogens is 332 g/mol. The summed E-state index contributed by atoms with van der Waals surface area (Å²) >= 11 is 1.86. The van der Waals surface area contributed by atoms with E-state index in [-0.39, 0.29) is 0 Å². The number of rotatable bonds is 5. The first-order valence-electron chi connectivity index (χ1n) is 9.28. The van der Waals surface area contributed by atoms with Crippen LogP contribution >= 0.6 is 11.3 Å². The van der Waals surface area contributed by atoms with Gasteiger partial charge in [-0.3, -0.25) is 9.80 Å². The van der Waals surface area contributed by atoms with Crippen molar-refractivity contribution in [3.8, 4) is 0 Å². The van der Waals surface area contributed by atoms with E-state index in [1.54, 1.807) is 0 Å². The van der Waals surface area contributed by atoms with Crippen LogP contribution in [0.25, 0.3) is 0 Å². The maximum atomic E-state index is 4.82. The fourth-order valence-electron chi connectivity index (χ4n) is 3.79. The zero-order valence-corrected chi connectivity index (χ0v) is 15.2. The monoisotopic (exact) mass is 356 g/mol. The number of anilines is 1. The summed E-state index contributed by atoms with van der Waals surface area (Å²) in [7, 11) is 0. The predicted molar refractivity (Wildman–Crippen MR) is 99.0 cm³/mol. The average Bonchev–Trinajstić information content (AvgIpc) is 3.38. The fraction of sp³-hybridized carbons (Fsp3) is 0.611. The van der Waals surface area contributed by atoms with Gasteiger partial charge in [0, 0.05) is 75.5 Å². The standard InChI is InChI=1S/C18H24N6S/c1-4-19-18(20-5-1)24-8-6-23(7-9-24)16-11-22(12-16)10-15-13-25-17(21-15)14-2-3-14/h1,4-5,13-14,16H,2-3,6-12H2. The Bertz CT molecular complexity index is 701. The van der Waals surface area contributed by atoms with Gasteiger partial charge in [-0.1, -0.05) is 0 Å². The van der Waals surface area contributed by atoms with E-state index in [9.17, 15) is 0 Å². The van der Waals surface area contributed by atoms with E-state index >= 15 is 0 Å². The van der Waals surface area contributed by atoms with E-state index in [0.717, 1.165) is 44.6 Å². The lowest BCUT2D eigenvalue weighted by molar-refractivity contribution is 0.0248. The fourth-order valence-corrected chi connectivity index (χ4v) is 4.77. The highest BCUT2D eigenvalue weighted by Gasteiger charge is 2.34. The van der Waals surface area contributed by atoms with E-state index < -0.39 is 0 Å². The minimum absolute atomic E-state index is 0.709. The van der Waals surface area contributed by atoms with Crippen LogP contribution in [0, 0.1) is 0 Å². The first kappa shape index (κ1) is 15.7. The molecule has 6 nitrogen and oxygen atoms in total. The second-order valence-electron chi connectivity index (χ2n) is 7.37. The van der Waals surface area contributed by atoms with Gasteiger partial charge in [-0.25, -0.2) is 15.0 Å². The summed E-state index contributed by atoms with van der Waals surface area (Å²) in [6.07, 6.45) is 6.34. The molecule has 0 atom stereocenters. The molecule has 0 bridgehead atoms. The minimum atomic E-state index is 0.709. The SMILES string of the molecule is c1cnc(N2CCN(C3CN(Cc4csc(C5CC5)n4)C3)CC2)nc1. The van der Waals surface area contributed by atoms with Gasteiger partial charge in [-0.2, -0.15) is 0 Å². The molecular formula is C18H24N6S. The quantitative estimate of drug-likeness (QED) is 0.814. The number of hydrogen-bond donors (Lipinski definition) is 0. The van der Waals surface area contributed by atoms with Crippen LogP contribution in [0.2, 0.25) is 0 Å². The summed E-state index contributed by atoms with van der Waals surface area (Å²) in [5.41, 5.74) is 1.27. The number of piperazine rings is 1. The molecule has 0 aromatic carbocycles. The molecule has 2 saturated heterocycles. The predicted octanol–water partition coefficient (Wildman–Crippen LogP) is 1.82. The van der Waals surface area contributed by atoms with E-state index in [2.05, 4.69) is 30.0 Å². The Morgan fingerprint density at radius 2 is 1.80 bits per heavy atom. The van der Waals surface area contributed by atoms with E-state index in [1.807, 2.05) is 29.8 Å². The van der Waals surface area contributed by atoms with Gasteiger partial charge in [0.1, 0.15) is 0 Å². The second kappa shape index (κ2) is 6.63. The van der Waals surface area contributed by atoms with Crippen molar-refractivity contribution in [3.63, 3.8) is 0 Å². The van der Waals surface area contributed by atoms with Crippen molar-refractivity contribution in [3.05, 3.63) is 34.5 Å². The number of aromatic nitrogens is 3. The van der Waals surface area contributed by atoms with Crippen molar-refractivity contribution in [2.45, 2.75) is 31.3 Å². The zero-order chi connectivity index (χ0) is 16.6. The summed E-state index contributed by atoms with van der Waals surface area (Å²) in [5.74, 6) is 1.65. The Labute approximate surface area is 152 Å². The van der Waals surface area contributed by atoms with E-state index in [0.29, 0.717) is 6.04 Å². The zero-order valence-electron chi connectivity index (χ0n) is 14.4. The summed E-state index contributed by atoms with van der Waals surface area (Å²) in [4.78, 5) is 21.0. The molecule has 1 aliphatic carbocycles. The molecule has 0 N–H and O–H groups in total. The molecule has 2 aromatic rings. The molecule has 132 valence electrons. The minimum Gasteiger partial charge on any atom is -0.338 e. The van der Waals surface area contributed by atoms with Crippen LogP contribution in [0.4, 0.5) is 5.95 Å². The topological polar surface area (TPSA) is 48.4 Å². The summed E-state index contributed by atoms with van der Waals surface area (Å²) in [6.45, 7) is 7.65. The van der Waals surface area contributed by atoms with Gasteiger partial charge in [0.2, 0.25) is 5.95 Å². The van der Waals surface area contributed by atoms with Crippen molar-refractivity contribution in [1.29, 1.82) is 0 Å². The Hall–Kier alpha value is -1.57. The smallest absolute Gasteiger partial charge is 0.225 e.